The van der Waals surface area contributed by atoms with E-state index in [9.17, 15) is 9.90 Å². The predicted octanol–water partition coefficient (Wildman–Crippen LogP) is 4.17. The maximum Gasteiger partial charge on any atom is 0.256 e. The molecule has 0 aromatic heterocycles. The molecule has 20 heavy (non-hydrogen) atoms. The number of aryl methyl sites for hydroxylation is 3. The molecule has 0 unspecified atom stereocenters. The summed E-state index contributed by atoms with van der Waals surface area (Å²) >= 11 is 2.18. The molecular weight excluding hydrogens is 365 g/mol. The molecule has 0 heterocycles. The molecule has 2 rings (SSSR count). The van der Waals surface area contributed by atoms with E-state index >= 15 is 0 Å². The van der Waals surface area contributed by atoms with Crippen LogP contribution < -0.4 is 5.32 Å². The van der Waals surface area contributed by atoms with Gasteiger partial charge in [-0.1, -0.05) is 12.1 Å². The van der Waals surface area contributed by atoms with Crippen LogP contribution in [0.3, 0.4) is 0 Å². The molecule has 0 saturated heterocycles. The molecule has 3 nitrogen and oxygen atoms in total. The summed E-state index contributed by atoms with van der Waals surface area (Å²) in [5.74, 6) is 0.108. The topological polar surface area (TPSA) is 49.3 Å². The van der Waals surface area contributed by atoms with Crippen molar-refractivity contribution in [3.63, 3.8) is 0 Å². The second-order valence-corrected chi connectivity index (χ2v) is 5.92. The minimum atomic E-state index is -0.133. The fourth-order valence-electron chi connectivity index (χ4n) is 1.95. The van der Waals surface area contributed by atoms with Crippen molar-refractivity contribution in [3.8, 4) is 5.75 Å². The largest absolute Gasteiger partial charge is 0.508 e. The van der Waals surface area contributed by atoms with Gasteiger partial charge in [-0.25, -0.2) is 0 Å². The van der Waals surface area contributed by atoms with E-state index < -0.39 is 0 Å². The Morgan fingerprint density at radius 1 is 1.10 bits per heavy atom. The van der Waals surface area contributed by atoms with Crippen LogP contribution in [0.5, 0.6) is 5.75 Å². The van der Waals surface area contributed by atoms with Crippen molar-refractivity contribution in [2.75, 3.05) is 5.32 Å². The van der Waals surface area contributed by atoms with E-state index in [1.165, 1.54) is 0 Å². The number of carbonyl (C=O) groups is 1. The zero-order chi connectivity index (χ0) is 14.9. The summed E-state index contributed by atoms with van der Waals surface area (Å²) in [6.07, 6.45) is 0. The number of anilines is 1. The molecule has 1 amide bonds. The van der Waals surface area contributed by atoms with Crippen molar-refractivity contribution in [1.29, 1.82) is 0 Å². The maximum atomic E-state index is 12.4. The van der Waals surface area contributed by atoms with Crippen LogP contribution in [0.2, 0.25) is 0 Å². The average molecular weight is 381 g/mol. The minimum absolute atomic E-state index is 0.133. The third kappa shape index (κ3) is 2.95. The van der Waals surface area contributed by atoms with Gasteiger partial charge in [-0.05, 0) is 78.3 Å². The van der Waals surface area contributed by atoms with Gasteiger partial charge in [0.1, 0.15) is 5.75 Å². The van der Waals surface area contributed by atoms with E-state index in [0.29, 0.717) is 5.56 Å². The quantitative estimate of drug-likeness (QED) is 0.606. The number of hydrogen-bond donors (Lipinski definition) is 2. The highest BCUT2D eigenvalue weighted by atomic mass is 127. The number of halogens is 1. The zero-order valence-corrected chi connectivity index (χ0v) is 13.8. The van der Waals surface area contributed by atoms with Gasteiger partial charge in [0.05, 0.1) is 5.56 Å². The normalized spacial score (nSPS) is 10.4. The van der Waals surface area contributed by atoms with E-state index in [-0.39, 0.29) is 11.7 Å². The van der Waals surface area contributed by atoms with Crippen molar-refractivity contribution >= 4 is 34.2 Å². The number of nitrogens with one attached hydrogen (secondary N) is 1. The fraction of sp³-hybridized carbons (Fsp3) is 0.188. The van der Waals surface area contributed by atoms with Crippen LogP contribution >= 0.6 is 22.6 Å². The molecule has 0 aliphatic rings. The Morgan fingerprint density at radius 3 is 2.50 bits per heavy atom. The fourth-order valence-corrected chi connectivity index (χ4v) is 2.55. The standard InChI is InChI=1S/C16H16INO2/c1-9-5-4-6-12(15(9)17)16(20)18-13-7-11(3)14(19)8-10(13)2/h4-8,19H,1-3H3,(H,18,20). The lowest BCUT2D eigenvalue weighted by atomic mass is 10.1. The summed E-state index contributed by atoms with van der Waals surface area (Å²) in [6.45, 7) is 5.64. The predicted molar refractivity (Wildman–Crippen MR) is 89.4 cm³/mol. The maximum absolute atomic E-state index is 12.4. The van der Waals surface area contributed by atoms with E-state index in [0.717, 1.165) is 25.9 Å². The van der Waals surface area contributed by atoms with E-state index in [2.05, 4.69) is 27.9 Å². The van der Waals surface area contributed by atoms with Crippen molar-refractivity contribution in [1.82, 2.24) is 0 Å². The molecule has 0 aliphatic carbocycles. The van der Waals surface area contributed by atoms with Gasteiger partial charge < -0.3 is 10.4 Å². The first-order chi connectivity index (χ1) is 9.40. The SMILES string of the molecule is Cc1cc(NC(=O)c2cccc(C)c2I)c(C)cc1O. The smallest absolute Gasteiger partial charge is 0.256 e. The second-order valence-electron chi connectivity index (χ2n) is 4.84. The molecule has 4 heteroatoms. The molecular formula is C16H16INO2. The molecule has 104 valence electrons. The van der Waals surface area contributed by atoms with Gasteiger partial charge >= 0.3 is 0 Å². The number of carbonyl (C=O) groups excluding carboxylic acids is 1. The van der Waals surface area contributed by atoms with Crippen molar-refractivity contribution < 1.29 is 9.90 Å². The molecule has 2 aromatic carbocycles. The van der Waals surface area contributed by atoms with E-state index in [4.69, 9.17) is 0 Å². The van der Waals surface area contributed by atoms with Gasteiger partial charge in [0.25, 0.3) is 5.91 Å². The number of phenols is 1. The molecule has 0 fully saturated rings. The first-order valence-electron chi connectivity index (χ1n) is 6.27. The summed E-state index contributed by atoms with van der Waals surface area (Å²) in [6, 6.07) is 9.11. The number of aromatic hydroxyl groups is 1. The van der Waals surface area contributed by atoms with Gasteiger partial charge in [0.15, 0.2) is 0 Å². The van der Waals surface area contributed by atoms with Gasteiger partial charge in [-0.15, -0.1) is 0 Å². The van der Waals surface area contributed by atoms with Crippen LogP contribution in [0.4, 0.5) is 5.69 Å². The van der Waals surface area contributed by atoms with Gasteiger partial charge in [-0.2, -0.15) is 0 Å². The Balaban J connectivity index is 2.33. The lowest BCUT2D eigenvalue weighted by molar-refractivity contribution is 0.102. The number of phenolic OH excluding ortho intramolecular Hbond substituents is 1. The Kier molecular flexibility index (Phi) is 4.32. The second kappa shape index (κ2) is 5.83. The van der Waals surface area contributed by atoms with Crippen LogP contribution in [0.15, 0.2) is 30.3 Å². The summed E-state index contributed by atoms with van der Waals surface area (Å²) in [4.78, 5) is 12.4. The summed E-state index contributed by atoms with van der Waals surface area (Å²) in [7, 11) is 0. The van der Waals surface area contributed by atoms with Crippen molar-refractivity contribution in [3.05, 3.63) is 56.2 Å². The highest BCUT2D eigenvalue weighted by Crippen LogP contribution is 2.26. The summed E-state index contributed by atoms with van der Waals surface area (Å²) in [5, 5.41) is 12.6. The zero-order valence-electron chi connectivity index (χ0n) is 11.6. The third-order valence-corrected chi connectivity index (χ3v) is 4.66. The van der Waals surface area contributed by atoms with Crippen LogP contribution in [-0.4, -0.2) is 11.0 Å². The minimum Gasteiger partial charge on any atom is -0.508 e. The monoisotopic (exact) mass is 381 g/mol. The highest BCUT2D eigenvalue weighted by molar-refractivity contribution is 14.1. The first-order valence-corrected chi connectivity index (χ1v) is 7.34. The summed E-state index contributed by atoms with van der Waals surface area (Å²) < 4.78 is 0.954. The Labute approximate surface area is 132 Å². The van der Waals surface area contributed by atoms with Crippen LogP contribution in [0.25, 0.3) is 0 Å². The molecule has 0 aliphatic heterocycles. The molecule has 2 N–H and O–H groups in total. The van der Waals surface area contributed by atoms with Crippen LogP contribution in [-0.2, 0) is 0 Å². The van der Waals surface area contributed by atoms with Gasteiger partial charge in [0, 0.05) is 9.26 Å². The summed E-state index contributed by atoms with van der Waals surface area (Å²) in [5.41, 5.74) is 4.05. The lowest BCUT2D eigenvalue weighted by Gasteiger charge is -2.12. The highest BCUT2D eigenvalue weighted by Gasteiger charge is 2.13. The van der Waals surface area contributed by atoms with Crippen molar-refractivity contribution in [2.24, 2.45) is 0 Å². The lowest BCUT2D eigenvalue weighted by Crippen LogP contribution is -2.14. The molecule has 2 aromatic rings. The third-order valence-electron chi connectivity index (χ3n) is 3.23. The first kappa shape index (κ1) is 14.8. The Hall–Kier alpha value is -1.56. The molecule has 0 radical (unpaired) electrons. The number of rotatable bonds is 2. The Bertz CT molecular complexity index is 680. The Morgan fingerprint density at radius 2 is 1.80 bits per heavy atom. The molecule has 0 saturated carbocycles. The average Bonchev–Trinajstić information content (AvgIpc) is 2.39. The number of benzene rings is 2. The number of hydrogen-bond acceptors (Lipinski definition) is 2. The van der Waals surface area contributed by atoms with Crippen molar-refractivity contribution in [2.45, 2.75) is 20.8 Å². The number of amides is 1. The molecule has 0 bridgehead atoms. The van der Waals surface area contributed by atoms with Crippen LogP contribution in [0.1, 0.15) is 27.0 Å². The van der Waals surface area contributed by atoms with Gasteiger partial charge in [0.2, 0.25) is 0 Å². The van der Waals surface area contributed by atoms with E-state index in [1.54, 1.807) is 19.1 Å². The van der Waals surface area contributed by atoms with E-state index in [1.807, 2.05) is 32.0 Å². The molecule has 0 atom stereocenters. The van der Waals surface area contributed by atoms with Crippen LogP contribution in [0, 0.1) is 24.3 Å². The molecule has 0 spiro atoms. The van der Waals surface area contributed by atoms with Gasteiger partial charge in [-0.3, -0.25) is 4.79 Å².